The zero-order chi connectivity index (χ0) is 11.3. The van der Waals surface area contributed by atoms with Crippen LogP contribution in [0.25, 0.3) is 6.08 Å². The van der Waals surface area contributed by atoms with Crippen molar-refractivity contribution in [1.82, 2.24) is 0 Å². The van der Waals surface area contributed by atoms with Crippen LogP contribution in [-0.4, -0.2) is 10.9 Å². The molecule has 1 rings (SSSR count). The van der Waals surface area contributed by atoms with Gasteiger partial charge in [-0.05, 0) is 30.2 Å². The average Bonchev–Trinajstić information content (AvgIpc) is 2.61. The molecule has 0 fully saturated rings. The minimum Gasteiger partial charge on any atom is -0.459 e. The van der Waals surface area contributed by atoms with Crippen LogP contribution in [0.2, 0.25) is 0 Å². The maximum atomic E-state index is 11.3. The molecule has 3 nitrogen and oxygen atoms in total. The Morgan fingerprint density at radius 2 is 2.27 bits per heavy atom. The molecule has 0 aliphatic heterocycles. The minimum absolute atomic E-state index is 0.0898. The second kappa shape index (κ2) is 5.51. The van der Waals surface area contributed by atoms with Crippen molar-refractivity contribution in [3.05, 3.63) is 29.7 Å². The van der Waals surface area contributed by atoms with Gasteiger partial charge in [0.1, 0.15) is 18.1 Å². The number of hydrogen-bond donors (Lipinski definition) is 1. The van der Waals surface area contributed by atoms with Crippen LogP contribution in [0.15, 0.2) is 22.6 Å². The molecule has 0 spiro atoms. The van der Waals surface area contributed by atoms with Gasteiger partial charge in [-0.1, -0.05) is 13.8 Å². The van der Waals surface area contributed by atoms with Gasteiger partial charge in [-0.2, -0.15) is 0 Å². The highest BCUT2D eigenvalue weighted by molar-refractivity contribution is 5.93. The third-order valence-corrected chi connectivity index (χ3v) is 1.88. The topological polar surface area (TPSA) is 50.4 Å². The molecule has 1 aromatic heterocycles. The Labute approximate surface area is 89.4 Å². The van der Waals surface area contributed by atoms with E-state index in [0.717, 1.165) is 0 Å². The lowest BCUT2D eigenvalue weighted by atomic mass is 10.1. The SMILES string of the molecule is CC(C)CC(=O)/C=C/c1ccc(CO)o1. The summed E-state index contributed by atoms with van der Waals surface area (Å²) in [6.07, 6.45) is 3.69. The Morgan fingerprint density at radius 1 is 1.53 bits per heavy atom. The van der Waals surface area contributed by atoms with Crippen molar-refractivity contribution in [2.75, 3.05) is 0 Å². The van der Waals surface area contributed by atoms with Gasteiger partial charge in [0.25, 0.3) is 0 Å². The van der Waals surface area contributed by atoms with Gasteiger partial charge in [0.2, 0.25) is 0 Å². The number of furan rings is 1. The van der Waals surface area contributed by atoms with Crippen molar-refractivity contribution in [1.29, 1.82) is 0 Å². The second-order valence-electron chi connectivity index (χ2n) is 3.86. The number of hydrogen-bond acceptors (Lipinski definition) is 3. The fraction of sp³-hybridized carbons (Fsp3) is 0.417. The summed E-state index contributed by atoms with van der Waals surface area (Å²) in [7, 11) is 0. The molecule has 0 aliphatic rings. The number of rotatable bonds is 5. The molecule has 0 atom stereocenters. The van der Waals surface area contributed by atoms with Gasteiger partial charge < -0.3 is 9.52 Å². The zero-order valence-corrected chi connectivity index (χ0v) is 9.06. The predicted octanol–water partition coefficient (Wildman–Crippen LogP) is 2.40. The van der Waals surface area contributed by atoms with Gasteiger partial charge in [0, 0.05) is 6.42 Å². The first kappa shape index (κ1) is 11.7. The van der Waals surface area contributed by atoms with Crippen molar-refractivity contribution in [3.63, 3.8) is 0 Å². The van der Waals surface area contributed by atoms with Crippen LogP contribution < -0.4 is 0 Å². The van der Waals surface area contributed by atoms with Crippen LogP contribution in [0, 0.1) is 5.92 Å². The van der Waals surface area contributed by atoms with E-state index in [4.69, 9.17) is 9.52 Å². The van der Waals surface area contributed by atoms with Crippen molar-refractivity contribution in [2.45, 2.75) is 26.9 Å². The molecule has 0 radical (unpaired) electrons. The van der Waals surface area contributed by atoms with Crippen LogP contribution in [0.3, 0.4) is 0 Å². The van der Waals surface area contributed by atoms with E-state index in [9.17, 15) is 4.79 Å². The number of ketones is 1. The lowest BCUT2D eigenvalue weighted by Crippen LogP contribution is -1.97. The third kappa shape index (κ3) is 4.13. The minimum atomic E-state index is -0.117. The van der Waals surface area contributed by atoms with Crippen molar-refractivity contribution in [3.8, 4) is 0 Å². The Morgan fingerprint density at radius 3 is 2.80 bits per heavy atom. The molecule has 0 aliphatic carbocycles. The first-order valence-corrected chi connectivity index (χ1v) is 5.02. The molecule has 15 heavy (non-hydrogen) atoms. The summed E-state index contributed by atoms with van der Waals surface area (Å²) in [6.45, 7) is 3.89. The molecule has 1 heterocycles. The van der Waals surface area contributed by atoms with E-state index in [0.29, 0.717) is 23.9 Å². The summed E-state index contributed by atoms with van der Waals surface area (Å²) >= 11 is 0. The molecular weight excluding hydrogens is 192 g/mol. The lowest BCUT2D eigenvalue weighted by Gasteiger charge is -1.97. The van der Waals surface area contributed by atoms with E-state index < -0.39 is 0 Å². The van der Waals surface area contributed by atoms with E-state index in [1.807, 2.05) is 13.8 Å². The normalized spacial score (nSPS) is 11.5. The number of aliphatic hydroxyl groups is 1. The van der Waals surface area contributed by atoms with Crippen LogP contribution in [-0.2, 0) is 11.4 Å². The second-order valence-corrected chi connectivity index (χ2v) is 3.86. The average molecular weight is 208 g/mol. The van der Waals surface area contributed by atoms with E-state index in [1.54, 1.807) is 18.2 Å². The molecule has 0 bridgehead atoms. The largest absolute Gasteiger partial charge is 0.459 e. The Kier molecular flexibility index (Phi) is 4.31. The van der Waals surface area contributed by atoms with Gasteiger partial charge in [0.05, 0.1) is 0 Å². The standard InChI is InChI=1S/C12H16O3/c1-9(2)7-10(14)3-4-11-5-6-12(8-13)15-11/h3-6,9,13H,7-8H2,1-2H3/b4-3+. The van der Waals surface area contributed by atoms with E-state index in [1.165, 1.54) is 6.08 Å². The Bertz CT molecular complexity index is 348. The quantitative estimate of drug-likeness (QED) is 0.756. The van der Waals surface area contributed by atoms with Gasteiger partial charge in [-0.3, -0.25) is 4.79 Å². The summed E-state index contributed by atoms with van der Waals surface area (Å²) in [4.78, 5) is 11.3. The van der Waals surface area contributed by atoms with Gasteiger partial charge in [-0.25, -0.2) is 0 Å². The smallest absolute Gasteiger partial charge is 0.156 e. The van der Waals surface area contributed by atoms with Gasteiger partial charge in [0.15, 0.2) is 5.78 Å². The Hall–Kier alpha value is -1.35. The molecule has 3 heteroatoms. The molecule has 1 aromatic rings. The summed E-state index contributed by atoms with van der Waals surface area (Å²) in [5.41, 5.74) is 0. The van der Waals surface area contributed by atoms with E-state index in [-0.39, 0.29) is 12.4 Å². The molecule has 0 aromatic carbocycles. The maximum Gasteiger partial charge on any atom is 0.156 e. The first-order chi connectivity index (χ1) is 7.11. The van der Waals surface area contributed by atoms with E-state index in [2.05, 4.69) is 0 Å². The number of carbonyl (C=O) groups is 1. The zero-order valence-electron chi connectivity index (χ0n) is 9.06. The first-order valence-electron chi connectivity index (χ1n) is 5.02. The number of aliphatic hydroxyl groups excluding tert-OH is 1. The number of allylic oxidation sites excluding steroid dienone is 1. The molecule has 1 N–H and O–H groups in total. The van der Waals surface area contributed by atoms with Crippen LogP contribution >= 0.6 is 0 Å². The molecule has 0 saturated heterocycles. The summed E-state index contributed by atoms with van der Waals surface area (Å²) in [5.74, 6) is 1.56. The molecule has 0 amide bonds. The Balaban J connectivity index is 2.53. The molecule has 82 valence electrons. The van der Waals surface area contributed by atoms with Crippen LogP contribution in [0.4, 0.5) is 0 Å². The van der Waals surface area contributed by atoms with Crippen LogP contribution in [0.5, 0.6) is 0 Å². The van der Waals surface area contributed by atoms with E-state index >= 15 is 0 Å². The van der Waals surface area contributed by atoms with Gasteiger partial charge >= 0.3 is 0 Å². The summed E-state index contributed by atoms with van der Waals surface area (Å²) in [5, 5.41) is 8.76. The highest BCUT2D eigenvalue weighted by Gasteiger charge is 2.01. The maximum absolute atomic E-state index is 11.3. The monoisotopic (exact) mass is 208 g/mol. The lowest BCUT2D eigenvalue weighted by molar-refractivity contribution is -0.115. The van der Waals surface area contributed by atoms with Gasteiger partial charge in [-0.15, -0.1) is 0 Å². The fourth-order valence-electron chi connectivity index (χ4n) is 1.21. The molecular formula is C12H16O3. The molecule has 0 saturated carbocycles. The van der Waals surface area contributed by atoms with Crippen molar-refractivity contribution >= 4 is 11.9 Å². The number of carbonyl (C=O) groups excluding carboxylic acids is 1. The van der Waals surface area contributed by atoms with Crippen molar-refractivity contribution < 1.29 is 14.3 Å². The summed E-state index contributed by atoms with van der Waals surface area (Å²) in [6, 6.07) is 3.41. The highest BCUT2D eigenvalue weighted by Crippen LogP contribution is 2.10. The van der Waals surface area contributed by atoms with Crippen LogP contribution in [0.1, 0.15) is 31.8 Å². The summed E-state index contributed by atoms with van der Waals surface area (Å²) < 4.78 is 5.20. The van der Waals surface area contributed by atoms with Crippen molar-refractivity contribution in [2.24, 2.45) is 5.92 Å². The predicted molar refractivity (Wildman–Crippen MR) is 58.1 cm³/mol. The fourth-order valence-corrected chi connectivity index (χ4v) is 1.21. The molecule has 0 unspecified atom stereocenters. The highest BCUT2D eigenvalue weighted by atomic mass is 16.4. The third-order valence-electron chi connectivity index (χ3n) is 1.88.